The van der Waals surface area contributed by atoms with E-state index in [0.29, 0.717) is 22.7 Å². The van der Waals surface area contributed by atoms with Crippen LogP contribution in [0.4, 0.5) is 17.1 Å². The highest BCUT2D eigenvalue weighted by molar-refractivity contribution is 6.05. The smallest absolute Gasteiger partial charge is 0.265 e. The Morgan fingerprint density at radius 3 is 2.54 bits per heavy atom. The van der Waals surface area contributed by atoms with Crippen molar-refractivity contribution in [2.45, 2.75) is 13.0 Å². The zero-order chi connectivity index (χ0) is 17.3. The average molecular weight is 325 g/mol. The minimum atomic E-state index is -0.520. The number of nitrogens with one attached hydrogen (secondary N) is 2. The molecule has 0 spiro atoms. The Kier molecular flexibility index (Phi) is 4.12. The lowest BCUT2D eigenvalue weighted by atomic mass is 10.1. The van der Waals surface area contributed by atoms with Crippen molar-refractivity contribution >= 4 is 28.9 Å². The summed E-state index contributed by atoms with van der Waals surface area (Å²) in [4.78, 5) is 26.0. The molecule has 0 saturated carbocycles. The number of carbonyl (C=O) groups excluding carboxylic acids is 2. The number of rotatable bonds is 3. The van der Waals surface area contributed by atoms with Gasteiger partial charge in [0.05, 0.1) is 5.69 Å². The van der Waals surface area contributed by atoms with E-state index in [1.54, 1.807) is 37.3 Å². The molecule has 0 fully saturated rings. The summed E-state index contributed by atoms with van der Waals surface area (Å²) in [6.07, 6.45) is -0.520. The van der Waals surface area contributed by atoms with E-state index in [1.165, 1.54) is 0 Å². The number of carbonyl (C=O) groups is 2. The number of nitrogens with zero attached hydrogens (tertiary/aromatic N) is 1. The van der Waals surface area contributed by atoms with Crippen LogP contribution in [-0.4, -0.2) is 32.0 Å². The lowest BCUT2D eigenvalue weighted by molar-refractivity contribution is -0.122. The molecule has 0 aromatic heterocycles. The summed E-state index contributed by atoms with van der Waals surface area (Å²) in [6, 6.07) is 12.5. The quantitative estimate of drug-likeness (QED) is 0.910. The predicted octanol–water partition coefficient (Wildman–Crippen LogP) is 2.72. The van der Waals surface area contributed by atoms with E-state index in [4.69, 9.17) is 4.74 Å². The van der Waals surface area contributed by atoms with Crippen LogP contribution >= 0.6 is 0 Å². The second-order valence-electron chi connectivity index (χ2n) is 5.86. The molecule has 1 aliphatic rings. The highest BCUT2D eigenvalue weighted by atomic mass is 16.5. The Bertz CT molecular complexity index is 785. The van der Waals surface area contributed by atoms with E-state index >= 15 is 0 Å². The van der Waals surface area contributed by atoms with Gasteiger partial charge in [-0.05, 0) is 49.4 Å². The molecule has 2 aromatic rings. The number of benzene rings is 2. The zero-order valence-electron chi connectivity index (χ0n) is 13.8. The molecule has 0 saturated heterocycles. The first kappa shape index (κ1) is 15.9. The SMILES string of the molecule is C[C@@H]1Oc2ccc(NC(=O)c3ccc(N(C)C)cc3)cc2NC1=O. The third kappa shape index (κ3) is 3.17. The monoisotopic (exact) mass is 325 g/mol. The fourth-order valence-electron chi connectivity index (χ4n) is 2.40. The second kappa shape index (κ2) is 6.23. The molecule has 1 heterocycles. The lowest BCUT2D eigenvalue weighted by Crippen LogP contribution is -2.34. The largest absolute Gasteiger partial charge is 0.479 e. The van der Waals surface area contributed by atoms with Crippen LogP contribution in [0.3, 0.4) is 0 Å². The average Bonchev–Trinajstić information content (AvgIpc) is 2.56. The molecule has 0 aliphatic carbocycles. The zero-order valence-corrected chi connectivity index (χ0v) is 13.8. The van der Waals surface area contributed by atoms with Crippen molar-refractivity contribution in [2.75, 3.05) is 29.6 Å². The molecule has 0 unspecified atom stereocenters. The van der Waals surface area contributed by atoms with E-state index in [0.717, 1.165) is 5.69 Å². The molecule has 1 aliphatic heterocycles. The van der Waals surface area contributed by atoms with Crippen molar-refractivity contribution in [1.82, 2.24) is 0 Å². The highest BCUT2D eigenvalue weighted by Crippen LogP contribution is 2.32. The van der Waals surface area contributed by atoms with Crippen LogP contribution in [0.1, 0.15) is 17.3 Å². The van der Waals surface area contributed by atoms with Crippen molar-refractivity contribution in [1.29, 1.82) is 0 Å². The molecule has 0 radical (unpaired) electrons. The van der Waals surface area contributed by atoms with Crippen molar-refractivity contribution in [3.8, 4) is 5.75 Å². The number of fused-ring (bicyclic) bond motifs is 1. The molecular formula is C18H19N3O3. The number of hydrogen-bond donors (Lipinski definition) is 2. The molecule has 24 heavy (non-hydrogen) atoms. The van der Waals surface area contributed by atoms with Gasteiger partial charge in [0, 0.05) is 31.0 Å². The van der Waals surface area contributed by atoms with Crippen molar-refractivity contribution in [3.05, 3.63) is 48.0 Å². The van der Waals surface area contributed by atoms with Crippen LogP contribution in [0.2, 0.25) is 0 Å². The van der Waals surface area contributed by atoms with Gasteiger partial charge in [-0.25, -0.2) is 0 Å². The third-order valence-corrected chi connectivity index (χ3v) is 3.81. The normalized spacial score (nSPS) is 15.8. The first-order chi connectivity index (χ1) is 11.4. The van der Waals surface area contributed by atoms with Crippen LogP contribution in [0.15, 0.2) is 42.5 Å². The van der Waals surface area contributed by atoms with Gasteiger partial charge in [0.2, 0.25) is 0 Å². The lowest BCUT2D eigenvalue weighted by Gasteiger charge is -2.23. The van der Waals surface area contributed by atoms with Crippen molar-refractivity contribution in [3.63, 3.8) is 0 Å². The molecule has 124 valence electrons. The van der Waals surface area contributed by atoms with Gasteiger partial charge in [-0.3, -0.25) is 9.59 Å². The molecule has 0 bridgehead atoms. The molecule has 2 aromatic carbocycles. The summed E-state index contributed by atoms with van der Waals surface area (Å²) in [5.74, 6) is 0.178. The summed E-state index contributed by atoms with van der Waals surface area (Å²) >= 11 is 0. The Hall–Kier alpha value is -3.02. The minimum absolute atomic E-state index is 0.203. The summed E-state index contributed by atoms with van der Waals surface area (Å²) in [7, 11) is 3.89. The topological polar surface area (TPSA) is 70.7 Å². The van der Waals surface area contributed by atoms with Gasteiger partial charge in [0.1, 0.15) is 5.75 Å². The molecule has 1 atom stereocenters. The van der Waals surface area contributed by atoms with E-state index in [2.05, 4.69) is 10.6 Å². The third-order valence-electron chi connectivity index (χ3n) is 3.81. The molecule has 2 N–H and O–H groups in total. The van der Waals surface area contributed by atoms with Crippen LogP contribution in [0.5, 0.6) is 5.75 Å². The Morgan fingerprint density at radius 1 is 1.17 bits per heavy atom. The molecule has 3 rings (SSSR count). The maximum absolute atomic E-state index is 12.3. The highest BCUT2D eigenvalue weighted by Gasteiger charge is 2.23. The van der Waals surface area contributed by atoms with E-state index < -0.39 is 6.10 Å². The Labute approximate surface area is 140 Å². The second-order valence-corrected chi connectivity index (χ2v) is 5.86. The van der Waals surface area contributed by atoms with Crippen LogP contribution in [0, 0.1) is 0 Å². The number of amides is 2. The molecular weight excluding hydrogens is 306 g/mol. The molecule has 2 amide bonds. The first-order valence-corrected chi connectivity index (χ1v) is 7.64. The summed E-state index contributed by atoms with van der Waals surface area (Å²) in [5, 5.41) is 5.59. The van der Waals surface area contributed by atoms with Crippen LogP contribution in [0.25, 0.3) is 0 Å². The van der Waals surface area contributed by atoms with Gasteiger partial charge in [-0.15, -0.1) is 0 Å². The molecule has 6 heteroatoms. The summed E-state index contributed by atoms with van der Waals surface area (Å²) in [6.45, 7) is 1.69. The minimum Gasteiger partial charge on any atom is -0.479 e. The number of anilines is 3. The van der Waals surface area contributed by atoms with Gasteiger partial charge in [0.15, 0.2) is 6.10 Å². The van der Waals surface area contributed by atoms with Crippen molar-refractivity contribution in [2.24, 2.45) is 0 Å². The number of hydrogen-bond acceptors (Lipinski definition) is 4. The predicted molar refractivity (Wildman–Crippen MR) is 93.9 cm³/mol. The van der Waals surface area contributed by atoms with Gasteiger partial charge in [0.25, 0.3) is 11.8 Å². The standard InChI is InChI=1S/C18H19N3O3/c1-11-17(22)20-15-10-13(6-9-16(15)24-11)19-18(23)12-4-7-14(8-5-12)21(2)3/h4-11H,1-3H3,(H,19,23)(H,20,22)/t11-/m0/s1. The maximum atomic E-state index is 12.3. The van der Waals surface area contributed by atoms with E-state index in [1.807, 2.05) is 31.1 Å². The van der Waals surface area contributed by atoms with E-state index in [9.17, 15) is 9.59 Å². The van der Waals surface area contributed by atoms with Crippen LogP contribution in [-0.2, 0) is 4.79 Å². The van der Waals surface area contributed by atoms with Crippen molar-refractivity contribution < 1.29 is 14.3 Å². The molecule has 6 nitrogen and oxygen atoms in total. The first-order valence-electron chi connectivity index (χ1n) is 7.64. The fourth-order valence-corrected chi connectivity index (χ4v) is 2.40. The van der Waals surface area contributed by atoms with E-state index in [-0.39, 0.29) is 11.8 Å². The maximum Gasteiger partial charge on any atom is 0.265 e. The number of ether oxygens (including phenoxy) is 1. The van der Waals surface area contributed by atoms with Gasteiger partial charge < -0.3 is 20.3 Å². The summed E-state index contributed by atoms with van der Waals surface area (Å²) in [5.41, 5.74) is 2.73. The van der Waals surface area contributed by atoms with Gasteiger partial charge >= 0.3 is 0 Å². The Balaban J connectivity index is 1.75. The summed E-state index contributed by atoms with van der Waals surface area (Å²) < 4.78 is 5.49. The Morgan fingerprint density at radius 2 is 1.88 bits per heavy atom. The van der Waals surface area contributed by atoms with Gasteiger partial charge in [-0.2, -0.15) is 0 Å². The van der Waals surface area contributed by atoms with Crippen LogP contribution < -0.4 is 20.3 Å². The van der Waals surface area contributed by atoms with Gasteiger partial charge in [-0.1, -0.05) is 0 Å². The fraction of sp³-hybridized carbons (Fsp3) is 0.222.